The summed E-state index contributed by atoms with van der Waals surface area (Å²) in [6.07, 6.45) is 1.31. The molecule has 2 rings (SSSR count). The Bertz CT molecular complexity index is 790. The third-order valence-electron chi connectivity index (χ3n) is 2.71. The molecule has 0 radical (unpaired) electrons. The Morgan fingerprint density at radius 2 is 2.10 bits per heavy atom. The van der Waals surface area contributed by atoms with Crippen LogP contribution >= 0.6 is 0 Å². The molecule has 21 heavy (non-hydrogen) atoms. The molecular weight excluding hydrogens is 300 g/mol. The number of rotatable bonds is 5. The average molecular weight is 314 g/mol. The number of anilines is 1. The molecule has 0 amide bonds. The van der Waals surface area contributed by atoms with Crippen LogP contribution in [0.3, 0.4) is 0 Å². The Hall–Kier alpha value is -2.36. The molecular formula is C11H14N4O5S. The maximum absolute atomic E-state index is 12.3. The molecule has 114 valence electrons. The zero-order chi connectivity index (χ0) is 15.8. The van der Waals surface area contributed by atoms with Crippen LogP contribution in [0.1, 0.15) is 17.1 Å². The number of aromatic nitrogens is 3. The highest BCUT2D eigenvalue weighted by molar-refractivity contribution is 7.92. The summed E-state index contributed by atoms with van der Waals surface area (Å²) >= 11 is 0. The van der Waals surface area contributed by atoms with Crippen molar-refractivity contribution in [1.82, 2.24) is 14.8 Å². The Morgan fingerprint density at radius 3 is 2.62 bits per heavy atom. The molecule has 2 heterocycles. The van der Waals surface area contributed by atoms with E-state index in [0.29, 0.717) is 5.69 Å². The quantitative estimate of drug-likeness (QED) is 0.830. The van der Waals surface area contributed by atoms with E-state index in [4.69, 9.17) is 9.52 Å². The van der Waals surface area contributed by atoms with Crippen LogP contribution in [0.5, 0.6) is 0 Å². The summed E-state index contributed by atoms with van der Waals surface area (Å²) in [5.74, 6) is -1.11. The average Bonchev–Trinajstić information content (AvgIpc) is 2.82. The van der Waals surface area contributed by atoms with Crippen LogP contribution in [0.2, 0.25) is 0 Å². The van der Waals surface area contributed by atoms with E-state index in [1.165, 1.54) is 20.1 Å². The predicted molar refractivity (Wildman–Crippen MR) is 71.4 cm³/mol. The number of oxazole rings is 1. The fourth-order valence-electron chi connectivity index (χ4n) is 1.92. The second kappa shape index (κ2) is 5.20. The van der Waals surface area contributed by atoms with Gasteiger partial charge in [0.2, 0.25) is 0 Å². The highest BCUT2D eigenvalue weighted by Crippen LogP contribution is 2.22. The molecule has 9 nitrogen and oxygen atoms in total. The third kappa shape index (κ3) is 3.05. The lowest BCUT2D eigenvalue weighted by Gasteiger charge is -2.05. The van der Waals surface area contributed by atoms with Crippen LogP contribution in [0.25, 0.3) is 0 Å². The normalized spacial score (nSPS) is 11.6. The number of carboxylic acid groups (broad SMARTS) is 1. The van der Waals surface area contributed by atoms with Crippen molar-refractivity contribution < 1.29 is 22.7 Å². The summed E-state index contributed by atoms with van der Waals surface area (Å²) < 4.78 is 32.9. The lowest BCUT2D eigenvalue weighted by Crippen LogP contribution is -2.16. The Balaban J connectivity index is 2.40. The minimum absolute atomic E-state index is 0.0837. The van der Waals surface area contributed by atoms with Gasteiger partial charge in [0.1, 0.15) is 17.7 Å². The van der Waals surface area contributed by atoms with Crippen molar-refractivity contribution in [3.8, 4) is 0 Å². The minimum Gasteiger partial charge on any atom is -0.480 e. The van der Waals surface area contributed by atoms with Crippen LogP contribution < -0.4 is 4.72 Å². The zero-order valence-electron chi connectivity index (χ0n) is 11.6. The van der Waals surface area contributed by atoms with Gasteiger partial charge in [-0.25, -0.2) is 13.1 Å². The molecule has 0 fully saturated rings. The number of sulfonamides is 1. The van der Waals surface area contributed by atoms with Crippen molar-refractivity contribution in [1.29, 1.82) is 0 Å². The molecule has 0 aromatic carbocycles. The Morgan fingerprint density at radius 1 is 1.43 bits per heavy atom. The van der Waals surface area contributed by atoms with Gasteiger partial charge in [0.15, 0.2) is 0 Å². The first kappa shape index (κ1) is 15.0. The topological polar surface area (TPSA) is 127 Å². The maximum atomic E-state index is 12.3. The number of aliphatic carboxylic acids is 1. The first-order valence-corrected chi connectivity index (χ1v) is 7.40. The summed E-state index contributed by atoms with van der Waals surface area (Å²) in [5, 5.41) is 12.7. The number of nitrogens with one attached hydrogen (secondary N) is 1. The van der Waals surface area contributed by atoms with E-state index < -0.39 is 22.5 Å². The Labute approximate surface area is 120 Å². The highest BCUT2D eigenvalue weighted by Gasteiger charge is 2.26. The minimum atomic E-state index is -3.96. The van der Waals surface area contributed by atoms with E-state index >= 15 is 0 Å². The monoisotopic (exact) mass is 314 g/mol. The largest absolute Gasteiger partial charge is 0.480 e. The molecule has 0 saturated carbocycles. The molecule has 0 atom stereocenters. The van der Waals surface area contributed by atoms with Gasteiger partial charge >= 0.3 is 12.0 Å². The standard InChI is InChI=1S/C11H14N4O5S/c1-6-5-20-11(12-6)14-21(18,19)10-7(2)13-15(8(10)3)4-9(16)17/h5H,4H2,1-3H3,(H,12,14)(H,16,17). The Kier molecular flexibility index (Phi) is 3.73. The van der Waals surface area contributed by atoms with Crippen molar-refractivity contribution >= 4 is 22.0 Å². The number of carboxylic acids is 1. The number of carbonyl (C=O) groups is 1. The number of hydrogen-bond donors (Lipinski definition) is 2. The molecule has 0 bridgehead atoms. The van der Waals surface area contributed by atoms with E-state index in [-0.39, 0.29) is 22.3 Å². The molecule has 2 N–H and O–H groups in total. The van der Waals surface area contributed by atoms with E-state index in [0.717, 1.165) is 4.68 Å². The predicted octanol–water partition coefficient (Wildman–Crippen LogP) is 0.682. The molecule has 0 saturated heterocycles. The van der Waals surface area contributed by atoms with Gasteiger partial charge in [-0.05, 0) is 20.8 Å². The van der Waals surface area contributed by atoms with Crippen molar-refractivity contribution in [3.05, 3.63) is 23.3 Å². The SMILES string of the molecule is Cc1coc(NS(=O)(=O)c2c(C)nn(CC(=O)O)c2C)n1. The zero-order valence-corrected chi connectivity index (χ0v) is 12.4. The summed E-state index contributed by atoms with van der Waals surface area (Å²) in [6.45, 7) is 4.21. The van der Waals surface area contributed by atoms with E-state index in [9.17, 15) is 13.2 Å². The van der Waals surface area contributed by atoms with Crippen LogP contribution in [-0.2, 0) is 21.4 Å². The van der Waals surface area contributed by atoms with E-state index in [1.54, 1.807) is 6.92 Å². The third-order valence-corrected chi connectivity index (χ3v) is 4.28. The van der Waals surface area contributed by atoms with Gasteiger partial charge in [0, 0.05) is 0 Å². The van der Waals surface area contributed by atoms with E-state index in [2.05, 4.69) is 14.8 Å². The number of aryl methyl sites for hydroxylation is 2. The van der Waals surface area contributed by atoms with Crippen molar-refractivity contribution in [2.24, 2.45) is 0 Å². The van der Waals surface area contributed by atoms with Crippen LogP contribution in [0.15, 0.2) is 15.6 Å². The fourth-order valence-corrected chi connectivity index (χ4v) is 3.27. The summed E-state index contributed by atoms with van der Waals surface area (Å²) in [4.78, 5) is 14.5. The highest BCUT2D eigenvalue weighted by atomic mass is 32.2. The molecule has 0 aliphatic carbocycles. The first-order valence-electron chi connectivity index (χ1n) is 5.91. The fraction of sp³-hybridized carbons (Fsp3) is 0.364. The molecule has 0 unspecified atom stereocenters. The molecule has 2 aromatic rings. The van der Waals surface area contributed by atoms with Crippen molar-refractivity contribution in [2.75, 3.05) is 4.72 Å². The van der Waals surface area contributed by atoms with Crippen molar-refractivity contribution in [2.45, 2.75) is 32.2 Å². The molecule has 0 aliphatic rings. The van der Waals surface area contributed by atoms with Gasteiger partial charge in [-0.3, -0.25) is 9.48 Å². The summed E-state index contributed by atoms with van der Waals surface area (Å²) in [6, 6.07) is -0.155. The summed E-state index contributed by atoms with van der Waals surface area (Å²) in [7, 11) is -3.96. The maximum Gasteiger partial charge on any atom is 0.325 e. The molecule has 0 aliphatic heterocycles. The van der Waals surface area contributed by atoms with Crippen LogP contribution in [0, 0.1) is 20.8 Å². The van der Waals surface area contributed by atoms with Gasteiger partial charge in [-0.2, -0.15) is 10.1 Å². The van der Waals surface area contributed by atoms with Gasteiger partial charge in [0.25, 0.3) is 10.0 Å². The molecule has 2 aromatic heterocycles. The number of nitrogens with zero attached hydrogens (tertiary/aromatic N) is 3. The lowest BCUT2D eigenvalue weighted by molar-refractivity contribution is -0.137. The van der Waals surface area contributed by atoms with Gasteiger partial charge in [-0.1, -0.05) is 0 Å². The van der Waals surface area contributed by atoms with E-state index in [1.807, 2.05) is 0 Å². The van der Waals surface area contributed by atoms with Gasteiger partial charge in [0.05, 0.1) is 17.1 Å². The van der Waals surface area contributed by atoms with Gasteiger partial charge < -0.3 is 9.52 Å². The molecule has 0 spiro atoms. The second-order valence-electron chi connectivity index (χ2n) is 4.45. The van der Waals surface area contributed by atoms with Gasteiger partial charge in [-0.15, -0.1) is 0 Å². The van der Waals surface area contributed by atoms with Crippen LogP contribution in [-0.4, -0.2) is 34.3 Å². The second-order valence-corrected chi connectivity index (χ2v) is 6.07. The molecule has 10 heteroatoms. The summed E-state index contributed by atoms with van der Waals surface area (Å²) in [5.41, 5.74) is 0.956. The van der Waals surface area contributed by atoms with Crippen molar-refractivity contribution in [3.63, 3.8) is 0 Å². The number of hydrogen-bond acceptors (Lipinski definition) is 6. The van der Waals surface area contributed by atoms with Crippen LogP contribution in [0.4, 0.5) is 6.01 Å². The smallest absolute Gasteiger partial charge is 0.325 e. The lowest BCUT2D eigenvalue weighted by atomic mass is 10.4. The first-order chi connectivity index (χ1) is 9.70.